The molecule has 2 aliphatic rings. The third-order valence-electron chi connectivity index (χ3n) is 6.34. The second-order valence-corrected chi connectivity index (χ2v) is 9.19. The van der Waals surface area contributed by atoms with Gasteiger partial charge in [0, 0.05) is 59.2 Å². The minimum Gasteiger partial charge on any atom is -0.382 e. The fourth-order valence-electron chi connectivity index (χ4n) is 4.83. The molecule has 2 atom stereocenters. The van der Waals surface area contributed by atoms with E-state index in [-0.39, 0.29) is 0 Å². The molecular weight excluding hydrogens is 408 g/mol. The quantitative estimate of drug-likeness (QED) is 0.556. The van der Waals surface area contributed by atoms with E-state index in [2.05, 4.69) is 44.6 Å². The lowest BCUT2D eigenvalue weighted by atomic mass is 9.90. The zero-order valence-corrected chi connectivity index (χ0v) is 18.7. The molecule has 1 aliphatic carbocycles. The van der Waals surface area contributed by atoms with E-state index < -0.39 is 0 Å². The Morgan fingerprint density at radius 3 is 2.61 bits per heavy atom. The van der Waals surface area contributed by atoms with Crippen molar-refractivity contribution in [3.8, 4) is 0 Å². The third-order valence-corrected chi connectivity index (χ3v) is 6.58. The molecule has 5 rings (SSSR count). The highest BCUT2D eigenvalue weighted by atomic mass is 35.5. The number of benzene rings is 1. The summed E-state index contributed by atoms with van der Waals surface area (Å²) in [6.45, 7) is 4.24. The van der Waals surface area contributed by atoms with Crippen molar-refractivity contribution in [3.63, 3.8) is 0 Å². The van der Waals surface area contributed by atoms with E-state index in [1.807, 2.05) is 24.4 Å². The number of anilines is 3. The molecule has 1 aliphatic heterocycles. The lowest BCUT2D eigenvalue weighted by Crippen LogP contribution is -2.35. The van der Waals surface area contributed by atoms with Crippen molar-refractivity contribution in [1.29, 1.82) is 0 Å². The Labute approximate surface area is 188 Å². The lowest BCUT2D eigenvalue weighted by molar-refractivity contribution is 0.426. The van der Waals surface area contributed by atoms with Crippen LogP contribution >= 0.6 is 11.6 Å². The molecule has 2 fully saturated rings. The van der Waals surface area contributed by atoms with Gasteiger partial charge in [0.15, 0.2) is 0 Å². The molecule has 7 heteroatoms. The molecule has 0 radical (unpaired) electrons. The van der Waals surface area contributed by atoms with Gasteiger partial charge in [0.25, 0.3) is 0 Å². The van der Waals surface area contributed by atoms with Crippen LogP contribution in [0.25, 0.3) is 10.9 Å². The predicted molar refractivity (Wildman–Crippen MR) is 128 cm³/mol. The molecule has 162 valence electrons. The van der Waals surface area contributed by atoms with Crippen LogP contribution in [0.2, 0.25) is 5.02 Å². The van der Waals surface area contributed by atoms with Gasteiger partial charge in [-0.3, -0.25) is 4.98 Å². The number of hydrogen-bond acceptors (Lipinski definition) is 6. The Hall–Kier alpha value is -2.60. The van der Waals surface area contributed by atoms with Crippen molar-refractivity contribution < 1.29 is 0 Å². The molecule has 6 nitrogen and oxygen atoms in total. The van der Waals surface area contributed by atoms with Crippen LogP contribution in [0.3, 0.4) is 0 Å². The Kier molecular flexibility index (Phi) is 5.81. The summed E-state index contributed by atoms with van der Waals surface area (Å²) in [4.78, 5) is 16.3. The fourth-order valence-corrected chi connectivity index (χ4v) is 4.99. The van der Waals surface area contributed by atoms with Crippen LogP contribution in [0.1, 0.15) is 44.2 Å². The zero-order chi connectivity index (χ0) is 21.2. The van der Waals surface area contributed by atoms with Gasteiger partial charge in [0.2, 0.25) is 5.95 Å². The number of hydrogen-bond donors (Lipinski definition) is 2. The summed E-state index contributed by atoms with van der Waals surface area (Å²) in [7, 11) is 0. The molecule has 31 heavy (non-hydrogen) atoms. The highest BCUT2D eigenvalue weighted by Crippen LogP contribution is 2.29. The molecule has 1 aromatic carbocycles. The molecule has 0 spiro atoms. The number of fused-ring (bicyclic) bond motifs is 1. The number of aromatic nitrogens is 3. The smallest absolute Gasteiger partial charge is 0.225 e. The van der Waals surface area contributed by atoms with Gasteiger partial charge in [-0.2, -0.15) is 4.98 Å². The van der Waals surface area contributed by atoms with Crippen molar-refractivity contribution in [2.24, 2.45) is 0 Å². The van der Waals surface area contributed by atoms with E-state index in [9.17, 15) is 0 Å². The molecule has 2 unspecified atom stereocenters. The summed E-state index contributed by atoms with van der Waals surface area (Å²) in [5, 5.41) is 9.21. The van der Waals surface area contributed by atoms with Gasteiger partial charge >= 0.3 is 0 Å². The van der Waals surface area contributed by atoms with Crippen LogP contribution in [-0.2, 0) is 0 Å². The minimum absolute atomic E-state index is 0.363. The van der Waals surface area contributed by atoms with Crippen molar-refractivity contribution >= 4 is 40.0 Å². The van der Waals surface area contributed by atoms with Gasteiger partial charge in [0.05, 0.1) is 5.52 Å². The number of nitrogens with zero attached hydrogens (tertiary/aromatic N) is 4. The summed E-state index contributed by atoms with van der Waals surface area (Å²) in [6.07, 6.45) is 8.85. The normalized spacial score (nSPS) is 21.4. The molecule has 2 N–H and O–H groups in total. The van der Waals surface area contributed by atoms with Crippen LogP contribution in [0.4, 0.5) is 17.5 Å². The van der Waals surface area contributed by atoms with Crippen molar-refractivity contribution in [2.45, 2.75) is 57.5 Å². The van der Waals surface area contributed by atoms with E-state index in [1.165, 1.54) is 19.3 Å². The van der Waals surface area contributed by atoms with Gasteiger partial charge < -0.3 is 15.5 Å². The number of rotatable bonds is 5. The van der Waals surface area contributed by atoms with Crippen LogP contribution in [0.15, 0.2) is 36.5 Å². The first-order valence-electron chi connectivity index (χ1n) is 11.3. The Bertz CT molecular complexity index is 1070. The standard InChI is InChI=1S/C24H29ClN6/c1-16-13-23(31-11-2-3-12-31)30-24(27-16)29-19-6-4-5-18(15-19)28-21-9-10-26-22-14-17(25)7-8-20(21)22/h7-10,13-14,18-19H,2-6,11-12,15H2,1H3,(H,26,28)(H,27,29,30). The first-order valence-corrected chi connectivity index (χ1v) is 11.7. The Morgan fingerprint density at radius 1 is 0.968 bits per heavy atom. The summed E-state index contributed by atoms with van der Waals surface area (Å²) in [6, 6.07) is 10.8. The van der Waals surface area contributed by atoms with E-state index in [4.69, 9.17) is 16.6 Å². The van der Waals surface area contributed by atoms with Crippen LogP contribution in [0.5, 0.6) is 0 Å². The first kappa shape index (κ1) is 20.3. The molecule has 1 saturated carbocycles. The fraction of sp³-hybridized carbons (Fsp3) is 0.458. The van der Waals surface area contributed by atoms with E-state index in [0.29, 0.717) is 17.1 Å². The van der Waals surface area contributed by atoms with Crippen LogP contribution < -0.4 is 15.5 Å². The van der Waals surface area contributed by atoms with Crippen LogP contribution in [0, 0.1) is 6.92 Å². The maximum absolute atomic E-state index is 6.14. The maximum Gasteiger partial charge on any atom is 0.225 e. The molecule has 0 bridgehead atoms. The number of pyridine rings is 1. The maximum atomic E-state index is 6.14. The van der Waals surface area contributed by atoms with Crippen molar-refractivity contribution in [3.05, 3.63) is 47.2 Å². The average Bonchev–Trinajstić information content (AvgIpc) is 3.29. The van der Waals surface area contributed by atoms with E-state index >= 15 is 0 Å². The Balaban J connectivity index is 1.28. The summed E-state index contributed by atoms with van der Waals surface area (Å²) >= 11 is 6.14. The van der Waals surface area contributed by atoms with Crippen molar-refractivity contribution in [2.75, 3.05) is 28.6 Å². The van der Waals surface area contributed by atoms with E-state index in [0.717, 1.165) is 66.4 Å². The molecule has 1 saturated heterocycles. The molecule has 3 aromatic rings. The summed E-state index contributed by atoms with van der Waals surface area (Å²) < 4.78 is 0. The number of nitrogens with one attached hydrogen (secondary N) is 2. The second kappa shape index (κ2) is 8.87. The van der Waals surface area contributed by atoms with Gasteiger partial charge in [-0.1, -0.05) is 11.6 Å². The average molecular weight is 437 g/mol. The van der Waals surface area contributed by atoms with E-state index in [1.54, 1.807) is 0 Å². The highest BCUT2D eigenvalue weighted by molar-refractivity contribution is 6.31. The van der Waals surface area contributed by atoms with Gasteiger partial charge in [-0.25, -0.2) is 4.98 Å². The topological polar surface area (TPSA) is 66.0 Å². The number of halogens is 1. The molecule has 0 amide bonds. The molecular formula is C24H29ClN6. The second-order valence-electron chi connectivity index (χ2n) is 8.75. The third kappa shape index (κ3) is 4.69. The molecule has 3 heterocycles. The highest BCUT2D eigenvalue weighted by Gasteiger charge is 2.24. The lowest BCUT2D eigenvalue weighted by Gasteiger charge is -2.31. The monoisotopic (exact) mass is 436 g/mol. The van der Waals surface area contributed by atoms with Gasteiger partial charge in [0.1, 0.15) is 5.82 Å². The summed E-state index contributed by atoms with van der Waals surface area (Å²) in [5.74, 6) is 1.82. The molecule has 2 aromatic heterocycles. The zero-order valence-electron chi connectivity index (χ0n) is 17.9. The van der Waals surface area contributed by atoms with Gasteiger partial charge in [-0.15, -0.1) is 0 Å². The van der Waals surface area contributed by atoms with Crippen LogP contribution in [-0.4, -0.2) is 40.1 Å². The van der Waals surface area contributed by atoms with Crippen molar-refractivity contribution in [1.82, 2.24) is 15.0 Å². The Morgan fingerprint density at radius 2 is 1.77 bits per heavy atom. The largest absolute Gasteiger partial charge is 0.382 e. The van der Waals surface area contributed by atoms with Gasteiger partial charge in [-0.05, 0) is 69.7 Å². The predicted octanol–water partition coefficient (Wildman–Crippen LogP) is 5.42. The first-order chi connectivity index (χ1) is 15.1. The minimum atomic E-state index is 0.363. The SMILES string of the molecule is Cc1cc(N2CCCC2)nc(NC2CCCC(Nc3ccnc4cc(Cl)ccc34)C2)n1. The number of aryl methyl sites for hydroxylation is 1. The summed E-state index contributed by atoms with van der Waals surface area (Å²) in [5.41, 5.74) is 3.06.